The predicted octanol–water partition coefficient (Wildman–Crippen LogP) is 1.21. The molecule has 20 heavy (non-hydrogen) atoms. The van der Waals surface area contributed by atoms with Crippen LogP contribution in [-0.4, -0.2) is 50.2 Å². The van der Waals surface area contributed by atoms with Gasteiger partial charge in [-0.05, 0) is 12.5 Å². The van der Waals surface area contributed by atoms with Crippen LogP contribution in [-0.2, 0) is 11.3 Å². The molecule has 0 aromatic carbocycles. The van der Waals surface area contributed by atoms with Crippen LogP contribution in [0.5, 0.6) is 0 Å². The third-order valence-electron chi connectivity index (χ3n) is 3.37. The Morgan fingerprint density at radius 2 is 2.20 bits per heavy atom. The van der Waals surface area contributed by atoms with Gasteiger partial charge in [0.2, 0.25) is 0 Å². The summed E-state index contributed by atoms with van der Waals surface area (Å²) in [5.41, 5.74) is 0.359. The number of aryl methyl sites for hydroxylation is 1. The second kappa shape index (κ2) is 5.85. The van der Waals surface area contributed by atoms with Crippen molar-refractivity contribution in [3.63, 3.8) is 0 Å². The smallest absolute Gasteiger partial charge is 0.326 e. The molecule has 0 aliphatic carbocycles. The molecule has 1 aromatic heterocycles. The van der Waals surface area contributed by atoms with Crippen LogP contribution in [0.15, 0.2) is 12.3 Å². The van der Waals surface area contributed by atoms with Gasteiger partial charge in [-0.3, -0.25) is 4.79 Å². The summed E-state index contributed by atoms with van der Waals surface area (Å²) >= 11 is 5.92. The highest BCUT2D eigenvalue weighted by Crippen LogP contribution is 2.23. The maximum Gasteiger partial charge on any atom is 0.326 e. The van der Waals surface area contributed by atoms with Gasteiger partial charge in [-0.25, -0.2) is 4.79 Å². The van der Waals surface area contributed by atoms with Crippen molar-refractivity contribution in [3.05, 3.63) is 23.0 Å². The van der Waals surface area contributed by atoms with Gasteiger partial charge in [-0.15, -0.1) is 0 Å². The molecule has 0 spiro atoms. The van der Waals surface area contributed by atoms with Crippen LogP contribution < -0.4 is 0 Å². The topological polar surface area (TPSA) is 82.8 Å². The van der Waals surface area contributed by atoms with E-state index in [-0.39, 0.29) is 13.0 Å². The van der Waals surface area contributed by atoms with Crippen LogP contribution >= 0.6 is 11.6 Å². The number of nitrogens with zero attached hydrogens (tertiary/aromatic N) is 2. The largest absolute Gasteiger partial charge is 0.480 e. The molecule has 110 valence electrons. The third-order valence-corrected chi connectivity index (χ3v) is 3.58. The van der Waals surface area contributed by atoms with E-state index in [1.807, 2.05) is 6.92 Å². The lowest BCUT2D eigenvalue weighted by Crippen LogP contribution is -2.41. The Morgan fingerprint density at radius 3 is 2.80 bits per heavy atom. The molecular weight excluding hydrogens is 284 g/mol. The van der Waals surface area contributed by atoms with Gasteiger partial charge < -0.3 is 19.7 Å². The third kappa shape index (κ3) is 2.81. The summed E-state index contributed by atoms with van der Waals surface area (Å²) in [5.74, 6) is -1.51. The number of rotatable bonds is 4. The minimum atomic E-state index is -1.10. The van der Waals surface area contributed by atoms with E-state index in [0.29, 0.717) is 17.3 Å². The van der Waals surface area contributed by atoms with Crippen LogP contribution in [0.2, 0.25) is 5.02 Å². The second-order valence-corrected chi connectivity index (χ2v) is 5.37. The van der Waals surface area contributed by atoms with E-state index < -0.39 is 24.0 Å². The number of carbonyl (C=O) groups is 2. The fraction of sp³-hybridized carbons (Fsp3) is 0.538. The molecule has 1 saturated heterocycles. The number of β-amino-alcohol motifs (C(OH)–C–C–N with tert-alkyl or cyclic N) is 1. The first kappa shape index (κ1) is 14.9. The summed E-state index contributed by atoms with van der Waals surface area (Å²) in [7, 11) is 0. The molecule has 1 aliphatic heterocycles. The molecule has 1 amide bonds. The molecule has 7 heteroatoms. The minimum Gasteiger partial charge on any atom is -0.480 e. The molecule has 2 atom stereocenters. The van der Waals surface area contributed by atoms with Gasteiger partial charge in [0.1, 0.15) is 11.7 Å². The lowest BCUT2D eigenvalue weighted by atomic mass is 10.2. The number of carboxylic acid groups (broad SMARTS) is 1. The fourth-order valence-electron chi connectivity index (χ4n) is 2.50. The molecule has 1 aromatic rings. The van der Waals surface area contributed by atoms with E-state index >= 15 is 0 Å². The number of halogens is 1. The zero-order chi connectivity index (χ0) is 14.9. The van der Waals surface area contributed by atoms with Gasteiger partial charge in [0.25, 0.3) is 5.91 Å². The van der Waals surface area contributed by atoms with Crippen molar-refractivity contribution in [3.8, 4) is 0 Å². The zero-order valence-electron chi connectivity index (χ0n) is 11.1. The van der Waals surface area contributed by atoms with E-state index in [1.54, 1.807) is 10.8 Å². The monoisotopic (exact) mass is 300 g/mol. The van der Waals surface area contributed by atoms with Crippen molar-refractivity contribution < 1.29 is 19.8 Å². The minimum absolute atomic E-state index is 0.0325. The summed E-state index contributed by atoms with van der Waals surface area (Å²) in [6, 6.07) is 0.546. The number of amides is 1. The van der Waals surface area contributed by atoms with E-state index in [4.69, 9.17) is 16.7 Å². The van der Waals surface area contributed by atoms with Crippen molar-refractivity contribution in [1.82, 2.24) is 9.47 Å². The number of carbonyl (C=O) groups excluding carboxylic acids is 1. The fourth-order valence-corrected chi connectivity index (χ4v) is 2.72. The van der Waals surface area contributed by atoms with Crippen molar-refractivity contribution in [2.45, 2.75) is 38.5 Å². The number of aliphatic hydroxyl groups is 1. The van der Waals surface area contributed by atoms with Gasteiger partial charge >= 0.3 is 5.97 Å². The Labute approximate surface area is 121 Å². The number of aromatic nitrogens is 1. The molecule has 2 heterocycles. The van der Waals surface area contributed by atoms with Gasteiger partial charge in [0.05, 0.1) is 11.1 Å². The van der Waals surface area contributed by atoms with Crippen molar-refractivity contribution in [2.24, 2.45) is 0 Å². The number of aliphatic hydroxyl groups excluding tert-OH is 1. The molecule has 0 radical (unpaired) electrons. The number of carboxylic acids is 1. The molecule has 2 rings (SSSR count). The number of hydrogen-bond acceptors (Lipinski definition) is 3. The molecule has 0 unspecified atom stereocenters. The molecule has 1 aliphatic rings. The SMILES string of the molecule is CCCn1cc(Cl)cc1C(=O)N1C[C@@H](O)C[C@H]1C(=O)O. The average Bonchev–Trinajstić information content (AvgIpc) is 2.92. The first-order valence-corrected chi connectivity index (χ1v) is 6.89. The Balaban J connectivity index is 2.28. The quantitative estimate of drug-likeness (QED) is 0.875. The highest BCUT2D eigenvalue weighted by atomic mass is 35.5. The molecule has 6 nitrogen and oxygen atoms in total. The lowest BCUT2D eigenvalue weighted by molar-refractivity contribution is -0.141. The zero-order valence-corrected chi connectivity index (χ0v) is 11.9. The second-order valence-electron chi connectivity index (χ2n) is 4.94. The highest BCUT2D eigenvalue weighted by molar-refractivity contribution is 6.31. The van der Waals surface area contributed by atoms with Gasteiger partial charge in [-0.2, -0.15) is 0 Å². The Hall–Kier alpha value is -1.53. The summed E-state index contributed by atoms with van der Waals surface area (Å²) in [4.78, 5) is 24.9. The number of likely N-dealkylation sites (tertiary alicyclic amines) is 1. The first-order valence-electron chi connectivity index (χ1n) is 6.51. The Bertz CT molecular complexity index is 528. The van der Waals surface area contributed by atoms with Crippen molar-refractivity contribution >= 4 is 23.5 Å². The van der Waals surface area contributed by atoms with Crippen molar-refractivity contribution in [1.29, 1.82) is 0 Å². The molecule has 0 saturated carbocycles. The normalized spacial score (nSPS) is 22.2. The Kier molecular flexibility index (Phi) is 4.35. The van der Waals surface area contributed by atoms with E-state index in [1.165, 1.54) is 11.0 Å². The van der Waals surface area contributed by atoms with Crippen LogP contribution in [0.3, 0.4) is 0 Å². The average molecular weight is 301 g/mol. The first-order chi connectivity index (χ1) is 9.43. The Morgan fingerprint density at radius 1 is 1.50 bits per heavy atom. The van der Waals surface area contributed by atoms with Crippen LogP contribution in [0, 0.1) is 0 Å². The number of hydrogen-bond donors (Lipinski definition) is 2. The van der Waals surface area contributed by atoms with E-state index in [2.05, 4.69) is 0 Å². The van der Waals surface area contributed by atoms with Gasteiger partial charge in [0, 0.05) is 25.7 Å². The summed E-state index contributed by atoms with van der Waals surface area (Å²) in [5, 5.41) is 19.2. The summed E-state index contributed by atoms with van der Waals surface area (Å²) in [6.45, 7) is 2.63. The standard InChI is InChI=1S/C13H17ClN2O4/c1-2-3-15-6-8(14)4-10(15)12(18)16-7-9(17)5-11(16)13(19)20/h4,6,9,11,17H,2-3,5,7H2,1H3,(H,19,20)/t9-,11-/m0/s1. The summed E-state index contributed by atoms with van der Waals surface area (Å²) < 4.78 is 1.72. The van der Waals surface area contributed by atoms with Crippen LogP contribution in [0.4, 0.5) is 0 Å². The molecule has 2 N–H and O–H groups in total. The molecule has 1 fully saturated rings. The van der Waals surface area contributed by atoms with Crippen LogP contribution in [0.1, 0.15) is 30.3 Å². The van der Waals surface area contributed by atoms with Crippen molar-refractivity contribution in [2.75, 3.05) is 6.54 Å². The highest BCUT2D eigenvalue weighted by Gasteiger charge is 2.40. The summed E-state index contributed by atoms with van der Waals surface area (Å²) in [6.07, 6.45) is 1.74. The number of aliphatic carboxylic acids is 1. The maximum atomic E-state index is 12.5. The van der Waals surface area contributed by atoms with Gasteiger partial charge in [0.15, 0.2) is 0 Å². The maximum absolute atomic E-state index is 12.5. The van der Waals surface area contributed by atoms with Crippen LogP contribution in [0.25, 0.3) is 0 Å². The lowest BCUT2D eigenvalue weighted by Gasteiger charge is -2.21. The molecule has 0 bridgehead atoms. The van der Waals surface area contributed by atoms with E-state index in [0.717, 1.165) is 6.42 Å². The van der Waals surface area contributed by atoms with Gasteiger partial charge in [-0.1, -0.05) is 18.5 Å². The van der Waals surface area contributed by atoms with E-state index in [9.17, 15) is 14.7 Å². The molecular formula is C13H17ClN2O4. The predicted molar refractivity (Wildman–Crippen MR) is 72.8 cm³/mol.